The molecular weight excluding hydrogens is 364 g/mol. The van der Waals surface area contributed by atoms with E-state index in [2.05, 4.69) is 5.32 Å². The largest absolute Gasteiger partial charge is 0.450 e. The number of hydrogen-bond donors (Lipinski definition) is 1. The van der Waals surface area contributed by atoms with Gasteiger partial charge in [-0.2, -0.15) is 8.42 Å². The number of carbonyl (C=O) groups is 1. The molecule has 1 N–H and O–H groups in total. The van der Waals surface area contributed by atoms with Gasteiger partial charge in [0.15, 0.2) is 0 Å². The summed E-state index contributed by atoms with van der Waals surface area (Å²) in [7, 11) is -4.30. The molecule has 2 aromatic rings. The van der Waals surface area contributed by atoms with Gasteiger partial charge < -0.3 is 8.92 Å². The molecule has 0 heterocycles. The van der Waals surface area contributed by atoms with Crippen LogP contribution in [0.2, 0.25) is 0 Å². The van der Waals surface area contributed by atoms with Crippen molar-refractivity contribution in [2.45, 2.75) is 18.7 Å². The van der Waals surface area contributed by atoms with Crippen LogP contribution >= 0.6 is 0 Å². The Morgan fingerprint density at radius 3 is 2.62 bits per heavy atom. The Kier molecular flexibility index (Phi) is 5.78. The molecule has 0 aliphatic carbocycles. The summed E-state index contributed by atoms with van der Waals surface area (Å²) < 4.78 is 34.7. The quantitative estimate of drug-likeness (QED) is 0.463. The second-order valence-electron chi connectivity index (χ2n) is 5.12. The zero-order chi connectivity index (χ0) is 19.3. The number of aryl methyl sites for hydroxylation is 1. The van der Waals surface area contributed by atoms with E-state index in [1.165, 1.54) is 43.3 Å². The van der Waals surface area contributed by atoms with Crippen LogP contribution in [0, 0.1) is 17.0 Å². The Hall–Kier alpha value is -3.14. The van der Waals surface area contributed by atoms with Crippen LogP contribution in [0.4, 0.5) is 16.2 Å². The van der Waals surface area contributed by atoms with Crippen molar-refractivity contribution in [3.63, 3.8) is 0 Å². The molecule has 0 bridgehead atoms. The van der Waals surface area contributed by atoms with Crippen molar-refractivity contribution < 1.29 is 27.1 Å². The van der Waals surface area contributed by atoms with Crippen molar-refractivity contribution in [1.29, 1.82) is 0 Å². The predicted molar refractivity (Wildman–Crippen MR) is 92.7 cm³/mol. The highest BCUT2D eigenvalue weighted by Gasteiger charge is 2.23. The minimum atomic E-state index is -4.30. The van der Waals surface area contributed by atoms with E-state index in [1.54, 1.807) is 6.92 Å². The van der Waals surface area contributed by atoms with Gasteiger partial charge in [-0.1, -0.05) is 12.1 Å². The lowest BCUT2D eigenvalue weighted by molar-refractivity contribution is -0.385. The molecular formula is C16H16N2O7S. The lowest BCUT2D eigenvalue weighted by Crippen LogP contribution is -2.14. The Labute approximate surface area is 149 Å². The van der Waals surface area contributed by atoms with E-state index in [4.69, 9.17) is 8.92 Å². The fourth-order valence-electron chi connectivity index (χ4n) is 2.05. The van der Waals surface area contributed by atoms with Gasteiger partial charge in [0.25, 0.3) is 5.69 Å². The fourth-order valence-corrected chi connectivity index (χ4v) is 3.23. The van der Waals surface area contributed by atoms with Gasteiger partial charge in [-0.15, -0.1) is 0 Å². The molecule has 0 aromatic heterocycles. The summed E-state index contributed by atoms with van der Waals surface area (Å²) in [5, 5.41) is 13.3. The third-order valence-electron chi connectivity index (χ3n) is 3.21. The third kappa shape index (κ3) is 4.70. The number of anilines is 1. The molecule has 26 heavy (non-hydrogen) atoms. The molecule has 2 aromatic carbocycles. The molecule has 0 saturated carbocycles. The zero-order valence-corrected chi connectivity index (χ0v) is 14.8. The molecule has 0 atom stereocenters. The van der Waals surface area contributed by atoms with Crippen LogP contribution in [0.15, 0.2) is 47.4 Å². The summed E-state index contributed by atoms with van der Waals surface area (Å²) in [4.78, 5) is 21.3. The molecule has 0 unspecified atom stereocenters. The van der Waals surface area contributed by atoms with Gasteiger partial charge >= 0.3 is 16.2 Å². The van der Waals surface area contributed by atoms with E-state index in [9.17, 15) is 23.3 Å². The first kappa shape index (κ1) is 19.2. The summed E-state index contributed by atoms with van der Waals surface area (Å²) >= 11 is 0. The normalized spacial score (nSPS) is 10.8. The highest BCUT2D eigenvalue weighted by atomic mass is 32.2. The molecule has 10 heteroatoms. The molecule has 2 rings (SSSR count). The van der Waals surface area contributed by atoms with Gasteiger partial charge in [0.2, 0.25) is 0 Å². The average Bonchev–Trinajstić information content (AvgIpc) is 2.54. The van der Waals surface area contributed by atoms with Gasteiger partial charge in [0.05, 0.1) is 11.5 Å². The van der Waals surface area contributed by atoms with Gasteiger partial charge in [-0.25, -0.2) is 4.79 Å². The number of non-ortho nitro benzene ring substituents is 1. The Morgan fingerprint density at radius 2 is 1.96 bits per heavy atom. The molecule has 138 valence electrons. The number of nitrogens with zero attached hydrogens (tertiary/aromatic N) is 1. The van der Waals surface area contributed by atoms with Crippen LogP contribution in [0.1, 0.15) is 12.5 Å². The minimum Gasteiger partial charge on any atom is -0.450 e. The average molecular weight is 380 g/mol. The number of hydrogen-bond acceptors (Lipinski definition) is 7. The molecule has 9 nitrogen and oxygen atoms in total. The highest BCUT2D eigenvalue weighted by Crippen LogP contribution is 2.26. The van der Waals surface area contributed by atoms with E-state index in [0.717, 1.165) is 6.07 Å². The van der Waals surface area contributed by atoms with E-state index in [1.807, 2.05) is 0 Å². The number of ether oxygens (including phenoxy) is 1. The topological polar surface area (TPSA) is 125 Å². The van der Waals surface area contributed by atoms with Crippen molar-refractivity contribution in [2.24, 2.45) is 0 Å². The van der Waals surface area contributed by atoms with Crippen molar-refractivity contribution >= 4 is 27.6 Å². The summed E-state index contributed by atoms with van der Waals surface area (Å²) in [5.74, 6) is -0.0646. The predicted octanol–water partition coefficient (Wildman–Crippen LogP) is 3.24. The Bertz CT molecular complexity index is 941. The zero-order valence-electron chi connectivity index (χ0n) is 14.0. The van der Waals surface area contributed by atoms with Crippen LogP contribution in [-0.4, -0.2) is 26.0 Å². The summed E-state index contributed by atoms with van der Waals surface area (Å²) in [5.41, 5.74) is 0.207. The number of nitro groups is 1. The number of rotatable bonds is 6. The first-order valence-electron chi connectivity index (χ1n) is 7.46. The molecule has 0 aliphatic heterocycles. The van der Waals surface area contributed by atoms with Crippen LogP contribution in [0.3, 0.4) is 0 Å². The lowest BCUT2D eigenvalue weighted by Gasteiger charge is -2.11. The fraction of sp³-hybridized carbons (Fsp3) is 0.188. The van der Waals surface area contributed by atoms with Gasteiger partial charge in [-0.3, -0.25) is 15.4 Å². The maximum absolute atomic E-state index is 12.5. The van der Waals surface area contributed by atoms with Gasteiger partial charge in [-0.05, 0) is 31.5 Å². The number of nitro benzene ring substituents is 1. The summed E-state index contributed by atoms with van der Waals surface area (Å²) in [6, 6.07) is 9.14. The van der Waals surface area contributed by atoms with E-state index in [-0.39, 0.29) is 28.6 Å². The standard InChI is InChI=1S/C16H16N2O7S/c1-3-24-16(19)17-12-5-4-6-14(9-12)25-26(22,23)15-10-13(18(20)21)8-7-11(15)2/h4-10H,3H2,1-2H3,(H,17,19). The second-order valence-corrected chi connectivity index (χ2v) is 6.63. The maximum atomic E-state index is 12.5. The molecule has 0 aliphatic rings. The third-order valence-corrected chi connectivity index (χ3v) is 4.60. The number of benzene rings is 2. The molecule has 0 spiro atoms. The SMILES string of the molecule is CCOC(=O)Nc1cccc(OS(=O)(=O)c2cc([N+](=O)[O-])ccc2C)c1. The first-order valence-corrected chi connectivity index (χ1v) is 8.87. The van der Waals surface area contributed by atoms with Gasteiger partial charge in [0.1, 0.15) is 10.6 Å². The van der Waals surface area contributed by atoms with E-state index < -0.39 is 21.1 Å². The maximum Gasteiger partial charge on any atom is 0.411 e. The molecule has 1 amide bonds. The van der Waals surface area contributed by atoms with Crippen LogP contribution < -0.4 is 9.50 Å². The monoisotopic (exact) mass is 380 g/mol. The number of carbonyl (C=O) groups excluding carboxylic acids is 1. The molecule has 0 saturated heterocycles. The van der Waals surface area contributed by atoms with Crippen molar-refractivity contribution in [2.75, 3.05) is 11.9 Å². The van der Waals surface area contributed by atoms with E-state index >= 15 is 0 Å². The van der Waals surface area contributed by atoms with Crippen LogP contribution in [0.5, 0.6) is 5.75 Å². The second kappa shape index (κ2) is 7.83. The number of nitrogens with one attached hydrogen (secondary N) is 1. The lowest BCUT2D eigenvalue weighted by atomic mass is 10.2. The summed E-state index contributed by atoms with van der Waals surface area (Å²) in [6.45, 7) is 3.33. The van der Waals surface area contributed by atoms with Crippen molar-refractivity contribution in [3.05, 3.63) is 58.1 Å². The Morgan fingerprint density at radius 1 is 1.23 bits per heavy atom. The molecule has 0 radical (unpaired) electrons. The molecule has 0 fully saturated rings. The van der Waals surface area contributed by atoms with Crippen molar-refractivity contribution in [1.82, 2.24) is 0 Å². The Balaban J connectivity index is 2.29. The highest BCUT2D eigenvalue weighted by molar-refractivity contribution is 7.87. The first-order chi connectivity index (χ1) is 12.2. The van der Waals surface area contributed by atoms with E-state index in [0.29, 0.717) is 5.56 Å². The van der Waals surface area contributed by atoms with Crippen LogP contribution in [0.25, 0.3) is 0 Å². The summed E-state index contributed by atoms with van der Waals surface area (Å²) in [6.07, 6.45) is -0.693. The van der Waals surface area contributed by atoms with Crippen LogP contribution in [-0.2, 0) is 14.9 Å². The smallest absolute Gasteiger partial charge is 0.411 e. The van der Waals surface area contributed by atoms with Gasteiger partial charge in [0, 0.05) is 23.9 Å². The van der Waals surface area contributed by atoms with Crippen molar-refractivity contribution in [3.8, 4) is 5.75 Å². The number of amides is 1. The minimum absolute atomic E-state index is 0.0646.